The lowest BCUT2D eigenvalue weighted by Crippen LogP contribution is -2.15. The molecule has 1 rings (SSSR count). The Bertz CT molecular complexity index is 710. The summed E-state index contributed by atoms with van der Waals surface area (Å²) in [5, 5.41) is 2.71. The monoisotopic (exact) mass is 605 g/mol. The molecule has 0 saturated heterocycles. The first-order valence-electron chi connectivity index (χ1n) is 14.4. The maximum atomic E-state index is 11.0. The summed E-state index contributed by atoms with van der Waals surface area (Å²) >= 11 is 0. The molecule has 0 aliphatic heterocycles. The molecular weight excluding hydrogens is 554 g/mol. The molecule has 0 aromatic heterocycles. The minimum Gasteiger partial charge on any atom is -0.491 e. The van der Waals surface area contributed by atoms with Gasteiger partial charge < -0.3 is 57.4 Å². The lowest BCUT2D eigenvalue weighted by Gasteiger charge is -2.09. The molecule has 0 fully saturated rings. The highest BCUT2D eigenvalue weighted by Gasteiger charge is 1.99. The summed E-state index contributed by atoms with van der Waals surface area (Å²) in [7, 11) is 1.64. The molecule has 0 bridgehead atoms. The van der Waals surface area contributed by atoms with Crippen molar-refractivity contribution < 1.29 is 56.9 Å². The number of hydrogen-bond donors (Lipinski definition) is 1. The van der Waals surface area contributed by atoms with Crippen molar-refractivity contribution in [3.05, 3.63) is 24.3 Å². The van der Waals surface area contributed by atoms with E-state index in [2.05, 4.69) is 5.32 Å². The van der Waals surface area contributed by atoms with E-state index in [1.54, 1.807) is 31.4 Å². The second-order valence-electron chi connectivity index (χ2n) is 8.56. The fourth-order valence-corrected chi connectivity index (χ4v) is 3.06. The van der Waals surface area contributed by atoms with Gasteiger partial charge in [0.25, 0.3) is 0 Å². The molecule has 0 spiro atoms. The van der Waals surface area contributed by atoms with Crippen molar-refractivity contribution in [2.45, 2.75) is 6.92 Å². The average Bonchev–Trinajstić information content (AvgIpc) is 2.98. The van der Waals surface area contributed by atoms with Crippen LogP contribution < -0.4 is 10.1 Å². The minimum atomic E-state index is -0.107. The number of methoxy groups -OCH3 is 1. The van der Waals surface area contributed by atoms with Gasteiger partial charge >= 0.3 is 0 Å². The van der Waals surface area contributed by atoms with Gasteiger partial charge in [0.1, 0.15) is 12.4 Å². The molecule has 42 heavy (non-hydrogen) atoms. The van der Waals surface area contributed by atoms with Gasteiger partial charge in [-0.25, -0.2) is 0 Å². The van der Waals surface area contributed by atoms with E-state index in [1.807, 2.05) is 0 Å². The number of nitrogens with one attached hydrogen (secondary N) is 1. The highest BCUT2D eigenvalue weighted by atomic mass is 16.6. The molecule has 0 radical (unpaired) electrons. The molecule has 0 heterocycles. The molecule has 0 aliphatic rings. The lowest BCUT2D eigenvalue weighted by atomic mass is 10.3. The molecule has 13 nitrogen and oxygen atoms in total. The maximum Gasteiger partial charge on any atom is 0.221 e. The van der Waals surface area contributed by atoms with E-state index in [9.17, 15) is 4.79 Å². The van der Waals surface area contributed by atoms with Gasteiger partial charge in [-0.1, -0.05) is 0 Å². The van der Waals surface area contributed by atoms with E-state index >= 15 is 0 Å². The van der Waals surface area contributed by atoms with Gasteiger partial charge in [-0.2, -0.15) is 0 Å². The van der Waals surface area contributed by atoms with Crippen LogP contribution in [-0.4, -0.2) is 145 Å². The van der Waals surface area contributed by atoms with Crippen LogP contribution in [0.4, 0.5) is 5.69 Å². The molecule has 0 saturated carbocycles. The Labute approximate surface area is 250 Å². The number of hydrogen-bond acceptors (Lipinski definition) is 12. The first kappa shape index (κ1) is 38.1. The summed E-state index contributed by atoms with van der Waals surface area (Å²) in [4.78, 5) is 11.0. The zero-order valence-electron chi connectivity index (χ0n) is 25.4. The quantitative estimate of drug-likeness (QED) is 0.120. The van der Waals surface area contributed by atoms with Crippen molar-refractivity contribution in [3.8, 4) is 5.75 Å². The van der Waals surface area contributed by atoms with Crippen molar-refractivity contribution in [1.82, 2.24) is 0 Å². The zero-order valence-corrected chi connectivity index (χ0v) is 25.4. The molecular formula is C29H51NO12. The number of benzene rings is 1. The molecule has 0 atom stereocenters. The Balaban J connectivity index is 1.68. The van der Waals surface area contributed by atoms with Gasteiger partial charge in [0.2, 0.25) is 5.91 Å². The summed E-state index contributed by atoms with van der Waals surface area (Å²) in [6.07, 6.45) is 0. The van der Waals surface area contributed by atoms with E-state index in [-0.39, 0.29) is 5.91 Å². The van der Waals surface area contributed by atoms with Crippen LogP contribution in [0.3, 0.4) is 0 Å². The number of carbonyl (C=O) groups is 1. The van der Waals surface area contributed by atoms with Crippen LogP contribution in [0.25, 0.3) is 0 Å². The SMILES string of the molecule is COCCOCCOCCOCCOCCOCCOCCOCCOCCOCCOc1ccc(NC(C)=O)cc1. The number of rotatable bonds is 32. The van der Waals surface area contributed by atoms with E-state index in [1.165, 1.54) is 6.92 Å². The van der Waals surface area contributed by atoms with Gasteiger partial charge in [-0.15, -0.1) is 0 Å². The summed E-state index contributed by atoms with van der Waals surface area (Å²) in [5.74, 6) is 0.611. The van der Waals surface area contributed by atoms with Gasteiger partial charge in [-0.3, -0.25) is 4.79 Å². The highest BCUT2D eigenvalue weighted by Crippen LogP contribution is 2.15. The number of amides is 1. The summed E-state index contributed by atoms with van der Waals surface area (Å²) < 4.78 is 59.4. The minimum absolute atomic E-state index is 0.107. The summed E-state index contributed by atoms with van der Waals surface area (Å²) in [6, 6.07) is 7.18. The van der Waals surface area contributed by atoms with Crippen molar-refractivity contribution >= 4 is 11.6 Å². The number of anilines is 1. The van der Waals surface area contributed by atoms with E-state index in [0.717, 1.165) is 11.4 Å². The number of ether oxygens (including phenoxy) is 11. The van der Waals surface area contributed by atoms with Gasteiger partial charge in [0.15, 0.2) is 0 Å². The third kappa shape index (κ3) is 27.0. The van der Waals surface area contributed by atoms with Crippen molar-refractivity contribution in [2.75, 3.05) is 145 Å². The summed E-state index contributed by atoms with van der Waals surface area (Å²) in [6.45, 7) is 11.7. The predicted octanol–water partition coefficient (Wildman–Crippen LogP) is 1.82. The molecule has 0 aliphatic carbocycles. The van der Waals surface area contributed by atoms with Crippen LogP contribution >= 0.6 is 0 Å². The van der Waals surface area contributed by atoms with Crippen molar-refractivity contribution in [1.29, 1.82) is 0 Å². The fourth-order valence-electron chi connectivity index (χ4n) is 3.06. The third-order valence-corrected chi connectivity index (χ3v) is 5.08. The topological polar surface area (TPSA) is 131 Å². The number of carbonyl (C=O) groups excluding carboxylic acids is 1. The first-order valence-corrected chi connectivity index (χ1v) is 14.4. The standard InChI is InChI=1S/C29H51NO12/c1-27(31)30-28-3-5-29(6-4-28)42-26-25-41-24-23-40-22-21-39-20-19-38-18-17-37-16-15-36-14-13-35-12-11-34-10-9-33-8-7-32-2/h3-6H,7-26H2,1-2H3,(H,30,31). The molecule has 1 aromatic rings. The second kappa shape index (κ2) is 30.5. The van der Waals surface area contributed by atoms with Gasteiger partial charge in [-0.05, 0) is 24.3 Å². The zero-order chi connectivity index (χ0) is 30.2. The molecule has 13 heteroatoms. The van der Waals surface area contributed by atoms with E-state index < -0.39 is 0 Å². The van der Waals surface area contributed by atoms with E-state index in [0.29, 0.717) is 132 Å². The molecule has 1 amide bonds. The Morgan fingerprint density at radius 1 is 0.476 bits per heavy atom. The average molecular weight is 606 g/mol. The third-order valence-electron chi connectivity index (χ3n) is 5.08. The smallest absolute Gasteiger partial charge is 0.221 e. The van der Waals surface area contributed by atoms with Crippen LogP contribution in [0.15, 0.2) is 24.3 Å². The summed E-state index contributed by atoms with van der Waals surface area (Å²) in [5.41, 5.74) is 0.733. The molecule has 1 N–H and O–H groups in total. The largest absolute Gasteiger partial charge is 0.491 e. The van der Waals surface area contributed by atoms with Crippen LogP contribution in [0.2, 0.25) is 0 Å². The Morgan fingerprint density at radius 3 is 1.05 bits per heavy atom. The second-order valence-corrected chi connectivity index (χ2v) is 8.56. The van der Waals surface area contributed by atoms with Crippen LogP contribution in [-0.2, 0) is 52.2 Å². The van der Waals surface area contributed by atoms with E-state index in [4.69, 9.17) is 52.1 Å². The van der Waals surface area contributed by atoms with Crippen molar-refractivity contribution in [3.63, 3.8) is 0 Å². The Hall–Kier alpha value is -1.91. The normalized spacial score (nSPS) is 11.2. The van der Waals surface area contributed by atoms with Crippen LogP contribution in [0, 0.1) is 0 Å². The predicted molar refractivity (Wildman–Crippen MR) is 155 cm³/mol. The van der Waals surface area contributed by atoms with Crippen LogP contribution in [0.5, 0.6) is 5.75 Å². The Kier molecular flexibility index (Phi) is 27.7. The highest BCUT2D eigenvalue weighted by molar-refractivity contribution is 5.88. The maximum absolute atomic E-state index is 11.0. The molecule has 244 valence electrons. The van der Waals surface area contributed by atoms with Crippen molar-refractivity contribution in [2.24, 2.45) is 0 Å². The molecule has 0 unspecified atom stereocenters. The lowest BCUT2D eigenvalue weighted by molar-refractivity contribution is -0.114. The Morgan fingerprint density at radius 2 is 0.762 bits per heavy atom. The fraction of sp³-hybridized carbons (Fsp3) is 0.759. The van der Waals surface area contributed by atoms with Crippen LogP contribution in [0.1, 0.15) is 6.92 Å². The van der Waals surface area contributed by atoms with Gasteiger partial charge in [0, 0.05) is 19.7 Å². The first-order chi connectivity index (χ1) is 20.7. The molecule has 1 aromatic carbocycles. The van der Waals surface area contributed by atoms with Gasteiger partial charge in [0.05, 0.1) is 126 Å².